The van der Waals surface area contributed by atoms with E-state index in [1.165, 1.54) is 89.0 Å². The highest BCUT2D eigenvalue weighted by molar-refractivity contribution is 5.89. The Morgan fingerprint density at radius 2 is 0.658 bits per heavy atom. The second kappa shape index (κ2) is 58.9. The quantitative estimate of drug-likeness (QED) is 0.0779. The molecular formula is C102H210O12. The van der Waals surface area contributed by atoms with E-state index in [0.717, 1.165) is 100 Å². The molecule has 7 aliphatic carbocycles. The van der Waals surface area contributed by atoms with Crippen molar-refractivity contribution in [3.05, 3.63) is 35.4 Å². The Kier molecular flexibility index (Phi) is 70.3. The number of fused-ring (bicyclic) bond motifs is 9. The zero-order valence-electron chi connectivity index (χ0n) is 75.2. The van der Waals surface area contributed by atoms with Crippen molar-refractivity contribution >= 4 is 35.8 Å². The molecule has 7 aliphatic rings. The molecule has 0 amide bonds. The van der Waals surface area contributed by atoms with Gasteiger partial charge in [-0.15, -0.1) is 0 Å². The molecule has 114 heavy (non-hydrogen) atoms. The van der Waals surface area contributed by atoms with Crippen molar-refractivity contribution in [2.45, 2.75) is 524 Å². The van der Waals surface area contributed by atoms with Gasteiger partial charge in [0.1, 0.15) is 33.6 Å². The summed E-state index contributed by atoms with van der Waals surface area (Å²) in [5.41, 5.74) is -1.34. The summed E-state index contributed by atoms with van der Waals surface area (Å²) >= 11 is 0. The molecule has 0 heterocycles. The van der Waals surface area contributed by atoms with Gasteiger partial charge in [-0.3, -0.25) is 24.0 Å². The van der Waals surface area contributed by atoms with Gasteiger partial charge in [-0.2, -0.15) is 0 Å². The van der Waals surface area contributed by atoms with E-state index in [1.807, 2.05) is 218 Å². The van der Waals surface area contributed by atoms with Crippen molar-refractivity contribution < 1.29 is 57.2 Å². The van der Waals surface area contributed by atoms with Gasteiger partial charge in [0.15, 0.2) is 0 Å². The molecule has 7 saturated carbocycles. The fraction of sp³-hybridized carbons (Fsp3) is 0.882. The highest BCUT2D eigenvalue weighted by Crippen LogP contribution is 2.70. The van der Waals surface area contributed by atoms with E-state index in [-0.39, 0.29) is 171 Å². The molecule has 7 unspecified atom stereocenters. The average molecular weight is 1630 g/mol. The molecule has 12 nitrogen and oxygen atoms in total. The first-order chi connectivity index (χ1) is 47.8. The van der Waals surface area contributed by atoms with Crippen molar-refractivity contribution in [2.75, 3.05) is 0 Å². The predicted octanol–water partition coefficient (Wildman–Crippen LogP) is 32.9. The van der Waals surface area contributed by atoms with Gasteiger partial charge < -0.3 is 28.4 Å². The lowest BCUT2D eigenvalue weighted by atomic mass is 9.66. The normalized spacial score (nSPS) is 20.8. The van der Waals surface area contributed by atoms with E-state index < -0.39 is 5.60 Å². The van der Waals surface area contributed by atoms with Crippen LogP contribution in [0.5, 0.6) is 0 Å². The largest absolute Gasteiger partial charge is 0.460 e. The molecule has 0 N–H and O–H groups in total. The number of rotatable bonds is 18. The van der Waals surface area contributed by atoms with Crippen molar-refractivity contribution in [1.82, 2.24) is 0 Å². The van der Waals surface area contributed by atoms with Crippen LogP contribution in [0.15, 0.2) is 24.3 Å². The average Bonchev–Trinajstić information content (AvgIpc) is 1.54. The molecule has 690 valence electrons. The number of ether oxygens (including phenoxy) is 6. The summed E-state index contributed by atoms with van der Waals surface area (Å²) in [6.07, 6.45) is 27.2. The Bertz CT molecular complexity index is 2640. The first-order valence-corrected chi connectivity index (χ1v) is 42.3. The number of carbonyl (C=O) groups excluding carboxylic acids is 6. The van der Waals surface area contributed by atoms with Crippen LogP contribution < -0.4 is 0 Å². The summed E-state index contributed by atoms with van der Waals surface area (Å²) in [6, 6.07) is 7.73. The molecular weight excluding hydrogens is 1420 g/mol. The smallest absolute Gasteiger partial charge is 0.338 e. The molecule has 0 spiro atoms. The topological polar surface area (TPSA) is 158 Å². The second-order valence-corrected chi connectivity index (χ2v) is 37.4. The monoisotopic (exact) mass is 1630 g/mol. The second-order valence-electron chi connectivity index (χ2n) is 37.4. The van der Waals surface area contributed by atoms with Gasteiger partial charge in [0, 0.05) is 5.92 Å². The van der Waals surface area contributed by atoms with Crippen molar-refractivity contribution in [3.8, 4) is 0 Å². The maximum absolute atomic E-state index is 12.6. The Labute approximate surface area is 716 Å². The van der Waals surface area contributed by atoms with Gasteiger partial charge >= 0.3 is 35.8 Å². The van der Waals surface area contributed by atoms with Crippen molar-refractivity contribution in [3.63, 3.8) is 0 Å². The number of carbonyl (C=O) groups is 6. The highest BCUT2D eigenvalue weighted by Gasteiger charge is 2.67. The van der Waals surface area contributed by atoms with Crippen molar-refractivity contribution in [1.29, 1.82) is 0 Å². The molecule has 8 rings (SSSR count). The third-order valence-corrected chi connectivity index (χ3v) is 24.1. The van der Waals surface area contributed by atoms with Gasteiger partial charge in [-0.25, -0.2) is 4.79 Å². The summed E-state index contributed by atoms with van der Waals surface area (Å²) in [6.45, 7) is 74.1. The zero-order valence-corrected chi connectivity index (χ0v) is 75.2. The highest BCUT2D eigenvalue weighted by atomic mass is 16.6. The van der Waals surface area contributed by atoms with E-state index in [0.29, 0.717) is 17.4 Å². The van der Waals surface area contributed by atoms with Gasteiger partial charge in [0.25, 0.3) is 0 Å². The van der Waals surface area contributed by atoms with Crippen LogP contribution in [0.4, 0.5) is 0 Å². The zero-order chi connectivity index (χ0) is 81.7. The summed E-state index contributed by atoms with van der Waals surface area (Å²) in [5, 5.41) is 0. The lowest BCUT2D eigenvalue weighted by Crippen LogP contribution is -2.47. The Hall–Kier alpha value is -3.96. The van der Waals surface area contributed by atoms with Crippen LogP contribution in [0.1, 0.15) is 500 Å². The predicted molar refractivity (Wildman–Crippen MR) is 505 cm³/mol. The molecule has 12 heteroatoms. The van der Waals surface area contributed by atoms with E-state index >= 15 is 0 Å². The maximum Gasteiger partial charge on any atom is 0.338 e. The summed E-state index contributed by atoms with van der Waals surface area (Å²) in [4.78, 5) is 71.7. The van der Waals surface area contributed by atoms with Gasteiger partial charge in [0.2, 0.25) is 0 Å². The first kappa shape index (κ1) is 136. The molecule has 0 radical (unpaired) electrons. The van der Waals surface area contributed by atoms with Crippen LogP contribution in [0, 0.1) is 68.5 Å². The molecule has 7 atom stereocenters. The molecule has 0 aromatic heterocycles. The lowest BCUT2D eigenvalue weighted by molar-refractivity contribution is -0.179. The van der Waals surface area contributed by atoms with Gasteiger partial charge in [-0.05, 0) is 339 Å². The van der Waals surface area contributed by atoms with Gasteiger partial charge in [-0.1, -0.05) is 216 Å². The maximum atomic E-state index is 12.6. The van der Waals surface area contributed by atoms with E-state index in [9.17, 15) is 28.8 Å². The molecule has 1 aromatic carbocycles. The van der Waals surface area contributed by atoms with E-state index in [2.05, 4.69) is 62.3 Å². The van der Waals surface area contributed by atoms with Crippen LogP contribution in [0.25, 0.3) is 0 Å². The molecule has 4 bridgehead atoms. The third-order valence-electron chi connectivity index (χ3n) is 24.1. The minimum atomic E-state index is -0.446. The molecule has 0 saturated heterocycles. The third kappa shape index (κ3) is 42.8. The van der Waals surface area contributed by atoms with E-state index in [4.69, 9.17) is 28.4 Å². The Balaban J connectivity index is -0.000000106. The van der Waals surface area contributed by atoms with Crippen molar-refractivity contribution in [2.24, 2.45) is 68.5 Å². The summed E-state index contributed by atoms with van der Waals surface area (Å²) in [7, 11) is 0. The number of hydrogen-bond acceptors (Lipinski definition) is 12. The fourth-order valence-electron chi connectivity index (χ4n) is 14.5. The van der Waals surface area contributed by atoms with Crippen LogP contribution >= 0.6 is 0 Å². The Morgan fingerprint density at radius 3 is 0.982 bits per heavy atom. The Morgan fingerprint density at radius 1 is 0.351 bits per heavy atom. The van der Waals surface area contributed by atoms with E-state index in [1.54, 1.807) is 0 Å². The first-order valence-electron chi connectivity index (χ1n) is 42.3. The minimum absolute atomic E-state index is 0. The fourth-order valence-corrected chi connectivity index (χ4v) is 14.5. The number of benzene rings is 1. The van der Waals surface area contributed by atoms with Crippen LogP contribution in [0.3, 0.4) is 0 Å². The molecule has 1 aromatic rings. The summed E-state index contributed by atoms with van der Waals surface area (Å²) < 4.78 is 33.8. The number of hydrogen-bond donors (Lipinski definition) is 0. The summed E-state index contributed by atoms with van der Waals surface area (Å²) in [5.74, 6) is 5.41. The van der Waals surface area contributed by atoms with Gasteiger partial charge in [0.05, 0.1) is 32.6 Å². The van der Waals surface area contributed by atoms with Crippen LogP contribution in [-0.2, 0) is 57.8 Å². The lowest BCUT2D eigenvalue weighted by Gasteiger charge is -2.45. The molecule has 7 fully saturated rings. The minimum Gasteiger partial charge on any atom is -0.460 e. The van der Waals surface area contributed by atoms with Crippen LogP contribution in [-0.4, -0.2) is 69.4 Å². The number of esters is 6. The molecule has 0 aliphatic heterocycles. The SMILES string of the molecule is C.C.C.C.C.C.C.C.C.C.CC.CC.CC.CC.CCC(C)(C)C(=O)OC(C)(C)C.CCC(C)(C)C(=O)OC(C)(C)C1CCCC1.CCC(C)(C)C(=O)OC1(C)CC2CC1C1C3CCC(C3)C21.CCC(C)(C)C(=O)OC1(C)CCCC1.CCC(C)(C)C(=O)OC1(C)CCCCC1.CCC(C)(C)c1ccc(C(=O)OC(C)(C)C)cc1. The van der Waals surface area contributed by atoms with Crippen LogP contribution in [0.2, 0.25) is 0 Å². The standard InChI is InChI=1S/C19H30O2.C16H24O2.C14H26O2.C13H24O2.C12H22O2.C10H20O2.4C2H6.10CH4/c1-5-18(2,3)17(20)21-19(4)10-13-9-14(19)16-12-7-6-11(8-12)15(13)16;1-7-16(5,6)13-10-8-12(9-11-13)14(17)18-15(2,3)4;1-6-13(2,3)12(15)16-14(4,5)11-9-7-8-10-11;1-5-12(2,3)11(14)15-13(4)9-7-6-8-10-13;1-5-11(2,3)10(13)14-12(4)8-6-7-9-12;1-7-10(5,6)8(11)12-9(2,3)4;4*1-2;;;;;;;;;;/h11-16H,5-10H2,1-4H3;8-11H,7H2,1-6H3;11H,6-10H2,1-5H3;5-10H2,1-4H3;5-9H2,1-4H3;7H2,1-6H3;4*1-2H3;10*1H4.